The van der Waals surface area contributed by atoms with Crippen LogP contribution in [-0.4, -0.2) is 109 Å². The van der Waals surface area contributed by atoms with Gasteiger partial charge in [0, 0.05) is 97.5 Å². The molecular weight excluding hydrogens is 1120 g/mol. The van der Waals surface area contributed by atoms with Crippen molar-refractivity contribution >= 4 is 57.2 Å². The maximum absolute atomic E-state index is 5.67. The van der Waals surface area contributed by atoms with Gasteiger partial charge in [0.15, 0.2) is 16.8 Å². The number of nitrogens with zero attached hydrogens (tertiary/aromatic N) is 22. The van der Waals surface area contributed by atoms with Gasteiger partial charge in [-0.3, -0.25) is 9.36 Å². The van der Waals surface area contributed by atoms with Crippen LogP contribution in [0.4, 0.5) is 0 Å². The van der Waals surface area contributed by atoms with Crippen molar-refractivity contribution in [2.75, 3.05) is 0 Å². The molecule has 0 aromatic carbocycles. The van der Waals surface area contributed by atoms with Gasteiger partial charge in [0.1, 0.15) is 51.1 Å². The molecule has 0 spiro atoms. The lowest BCUT2D eigenvalue weighted by Crippen LogP contribution is -1.92. The van der Waals surface area contributed by atoms with Gasteiger partial charge in [-0.05, 0) is 96.9 Å². The van der Waals surface area contributed by atoms with Crippen LogP contribution in [0.15, 0.2) is 57.2 Å². The molecule has 0 aliphatic heterocycles. The molecule has 0 N–H and O–H groups in total. The summed E-state index contributed by atoms with van der Waals surface area (Å²) in [4.78, 5) is 38.2. The summed E-state index contributed by atoms with van der Waals surface area (Å²) in [5, 5.41) is 34.8. The molecule has 0 aliphatic rings. The van der Waals surface area contributed by atoms with Crippen molar-refractivity contribution in [1.29, 1.82) is 0 Å². The Morgan fingerprint density at radius 3 is 1.23 bits per heavy atom. The van der Waals surface area contributed by atoms with Gasteiger partial charge >= 0.3 is 0 Å². The van der Waals surface area contributed by atoms with Gasteiger partial charge in [-0.1, -0.05) is 33.5 Å². The molecule has 30 heteroatoms. The fourth-order valence-corrected chi connectivity index (χ4v) is 7.69. The average Bonchev–Trinajstić information content (AvgIpc) is 4.25. The molecule has 0 bridgehead atoms. The standard InChI is InChI=1S/C6H10N2.C6H9NS.C5H6Cl2N2.C5H9N3.C5H7NS.3C4H6N2O.C4H6N2S.C4H6N2.C3H5N3/c1-5-4-8(3)6(2)7-5;1-4-5(2)8-6(3)7-4;1-3-8-4(6)5(7)9(3)2;1-4-6-5(2)8(3)7-4;1-4-3-6-5(2)7-4;1-3-5-6-4(2)7-3;2*1-3-5-4(2)7-6-3;1-3-5-6-4(2)7-3;1-6-3-2-5-4-6;1-6-3-4-2-5-6/h4H,1-3H3;1-3H3;1-2H3;1-3H3;3H,1-2H3;4*1-2H3;2-4H,1H3;2-3H,1H3. The van der Waals surface area contributed by atoms with E-state index in [1.165, 1.54) is 26.8 Å². The summed E-state index contributed by atoms with van der Waals surface area (Å²) in [6.45, 7) is 34.4. The quantitative estimate of drug-likeness (QED) is 0.136. The number of thiazole rings is 2. The van der Waals surface area contributed by atoms with Crippen LogP contribution >= 0.6 is 57.2 Å². The first kappa shape index (κ1) is 70.7. The van der Waals surface area contributed by atoms with E-state index in [4.69, 9.17) is 27.6 Å². The first-order chi connectivity index (χ1) is 37.4. The van der Waals surface area contributed by atoms with Gasteiger partial charge < -0.3 is 27.2 Å². The summed E-state index contributed by atoms with van der Waals surface area (Å²) in [5.41, 5.74) is 2.26. The van der Waals surface area contributed by atoms with Crippen LogP contribution in [0, 0.1) is 125 Å². The topological polar surface area (TPSA) is 283 Å². The lowest BCUT2D eigenvalue weighted by molar-refractivity contribution is 0.389. The molecule has 11 rings (SSSR count). The lowest BCUT2D eigenvalue weighted by Gasteiger charge is -1.92. The van der Waals surface area contributed by atoms with Crippen molar-refractivity contribution in [2.45, 2.75) is 125 Å². The fraction of sp³-hybridized carbons (Fsp3) is 0.460. The predicted molar refractivity (Wildman–Crippen MR) is 314 cm³/mol. The van der Waals surface area contributed by atoms with Gasteiger partial charge in [0.2, 0.25) is 23.6 Å². The molecule has 11 aromatic rings. The Bertz CT molecular complexity index is 2820. The van der Waals surface area contributed by atoms with Gasteiger partial charge in [0.25, 0.3) is 0 Å². The number of rotatable bonds is 0. The van der Waals surface area contributed by atoms with Crippen LogP contribution in [0.3, 0.4) is 0 Å². The highest BCUT2D eigenvalue weighted by atomic mass is 35.5. The van der Waals surface area contributed by atoms with E-state index in [1.807, 2.05) is 132 Å². The molecule has 0 atom stereocenters. The van der Waals surface area contributed by atoms with Crippen LogP contribution in [0.1, 0.15) is 99.7 Å². The Hall–Kier alpha value is -7.27. The van der Waals surface area contributed by atoms with Crippen LogP contribution in [0.25, 0.3) is 0 Å². The minimum absolute atomic E-state index is 0.372. The third-order valence-corrected chi connectivity index (χ3v) is 12.4. The van der Waals surface area contributed by atoms with Crippen molar-refractivity contribution in [3.63, 3.8) is 0 Å². The number of aromatic nitrogens is 22. The van der Waals surface area contributed by atoms with Crippen LogP contribution in [0.2, 0.25) is 10.3 Å². The van der Waals surface area contributed by atoms with Crippen molar-refractivity contribution < 1.29 is 13.5 Å². The number of aryl methyl sites for hydroxylation is 22. The predicted octanol–water partition coefficient (Wildman–Crippen LogP) is 10.8. The maximum Gasteiger partial charge on any atom is 0.223 e. The highest BCUT2D eigenvalue weighted by molar-refractivity contribution is 7.11. The maximum atomic E-state index is 5.67. The van der Waals surface area contributed by atoms with Crippen LogP contribution in [-0.2, 0) is 35.2 Å². The van der Waals surface area contributed by atoms with Gasteiger partial charge in [-0.15, -0.1) is 54.4 Å². The van der Waals surface area contributed by atoms with Gasteiger partial charge in [0.05, 0.1) is 27.7 Å². The van der Waals surface area contributed by atoms with Crippen molar-refractivity contribution in [1.82, 2.24) is 109 Å². The fourth-order valence-electron chi connectivity index (χ4n) is 5.18. The van der Waals surface area contributed by atoms with Gasteiger partial charge in [-0.2, -0.15) is 20.2 Å². The van der Waals surface area contributed by atoms with E-state index in [2.05, 4.69) is 109 Å². The molecular formula is C50H76Cl2N22O3S3. The van der Waals surface area contributed by atoms with E-state index < -0.39 is 0 Å². The molecule has 25 nitrogen and oxygen atoms in total. The Balaban J connectivity index is 0.000000441. The van der Waals surface area contributed by atoms with Crippen LogP contribution in [0.5, 0.6) is 0 Å². The Kier molecular flexibility index (Phi) is 33.2. The zero-order chi connectivity index (χ0) is 60.6. The van der Waals surface area contributed by atoms with E-state index in [9.17, 15) is 0 Å². The third-order valence-electron chi connectivity index (χ3n) is 9.08. The highest BCUT2D eigenvalue weighted by Crippen LogP contribution is 2.20. The lowest BCUT2D eigenvalue weighted by atomic mass is 10.4. The Morgan fingerprint density at radius 2 is 1.10 bits per heavy atom. The summed E-state index contributed by atoms with van der Waals surface area (Å²) in [7, 11) is 9.46. The normalized spacial score (nSPS) is 9.56. The molecule has 80 heavy (non-hydrogen) atoms. The molecule has 0 amide bonds. The Labute approximate surface area is 490 Å². The summed E-state index contributed by atoms with van der Waals surface area (Å²) >= 11 is 16.3. The smallest absolute Gasteiger partial charge is 0.223 e. The molecule has 0 fully saturated rings. The van der Waals surface area contributed by atoms with E-state index in [-0.39, 0.29) is 0 Å². The highest BCUT2D eigenvalue weighted by Gasteiger charge is 2.05. The number of hydrogen-bond donors (Lipinski definition) is 0. The first-order valence-corrected chi connectivity index (χ1v) is 27.4. The second-order valence-corrected chi connectivity index (χ2v) is 21.7. The molecule has 436 valence electrons. The second kappa shape index (κ2) is 37.6. The second-order valence-electron chi connectivity index (χ2n) is 16.7. The minimum atomic E-state index is 0.372. The van der Waals surface area contributed by atoms with E-state index >= 15 is 0 Å². The first-order valence-electron chi connectivity index (χ1n) is 24.2. The summed E-state index contributed by atoms with van der Waals surface area (Å²) in [6.07, 6.45) is 12.4. The monoisotopic (exact) mass is 1200 g/mol. The van der Waals surface area contributed by atoms with E-state index in [1.54, 1.807) is 108 Å². The molecule has 0 saturated heterocycles. The molecule has 0 aliphatic carbocycles. The van der Waals surface area contributed by atoms with Crippen molar-refractivity contribution in [2.24, 2.45) is 35.2 Å². The molecule has 11 aromatic heterocycles. The molecule has 11 heterocycles. The molecule has 0 radical (unpaired) electrons. The van der Waals surface area contributed by atoms with Crippen LogP contribution < -0.4 is 0 Å². The zero-order valence-corrected chi connectivity index (χ0v) is 54.0. The largest absolute Gasteiger partial charge is 0.426 e. The van der Waals surface area contributed by atoms with Gasteiger partial charge in [-0.25, -0.2) is 34.9 Å². The summed E-state index contributed by atoms with van der Waals surface area (Å²) in [6, 6.07) is 0. The minimum Gasteiger partial charge on any atom is -0.426 e. The zero-order valence-electron chi connectivity index (χ0n) is 50.1. The number of hydrogen-bond acceptors (Lipinski definition) is 23. The third kappa shape index (κ3) is 32.0. The summed E-state index contributed by atoms with van der Waals surface area (Å²) in [5.74, 6) is 7.57. The number of halogens is 2. The average molecular weight is 1200 g/mol. The van der Waals surface area contributed by atoms with Crippen molar-refractivity contribution in [3.05, 3.63) is 154 Å². The van der Waals surface area contributed by atoms with E-state index in [0.29, 0.717) is 45.5 Å². The summed E-state index contributed by atoms with van der Waals surface area (Å²) < 4.78 is 23.1. The molecule has 0 unspecified atom stereocenters. The Morgan fingerprint density at radius 1 is 0.525 bits per heavy atom. The SMILES string of the molecule is Cc1cn(C)c(C)n1.Cc1cnc(C)s1.Cc1nc(C)c(C)s1.Cc1nc(C)n(C)n1.Cc1nc(Cl)c(Cl)n1C.Cc1nnc(C)o1.Cc1nnc(C)s1.Cc1noc(C)n1.Cc1noc(C)n1.Cn1ccnc1.Cn1cncn1. The van der Waals surface area contributed by atoms with E-state index in [0.717, 1.165) is 44.0 Å². The molecule has 0 saturated carbocycles. The number of imidazole rings is 3. The van der Waals surface area contributed by atoms with Crippen molar-refractivity contribution in [3.8, 4) is 0 Å².